The predicted octanol–water partition coefficient (Wildman–Crippen LogP) is -0.467. The fourth-order valence-corrected chi connectivity index (χ4v) is 1.75. The molecule has 0 saturated carbocycles. The van der Waals surface area contributed by atoms with E-state index in [9.17, 15) is 19.2 Å². The molecule has 2 heterocycles. The first-order valence-corrected chi connectivity index (χ1v) is 6.13. The summed E-state index contributed by atoms with van der Waals surface area (Å²) in [4.78, 5) is 45.7. The van der Waals surface area contributed by atoms with Crippen LogP contribution in [0.1, 0.15) is 23.2 Å². The van der Waals surface area contributed by atoms with Crippen molar-refractivity contribution in [3.63, 3.8) is 0 Å². The van der Waals surface area contributed by atoms with E-state index < -0.39 is 23.9 Å². The zero-order chi connectivity index (χ0) is 15.4. The summed E-state index contributed by atoms with van der Waals surface area (Å²) in [6.45, 7) is 0. The molecule has 0 radical (unpaired) electrons. The third-order valence-corrected chi connectivity index (χ3v) is 2.81. The number of piperidine rings is 1. The van der Waals surface area contributed by atoms with E-state index in [1.807, 2.05) is 0 Å². The minimum Gasteiger partial charge on any atom is -0.433 e. The molecule has 1 aliphatic heterocycles. The van der Waals surface area contributed by atoms with Crippen molar-refractivity contribution < 1.29 is 28.3 Å². The smallest absolute Gasteiger partial charge is 0.414 e. The summed E-state index contributed by atoms with van der Waals surface area (Å²) in [5.74, 6) is -1.87. The van der Waals surface area contributed by atoms with Crippen molar-refractivity contribution in [1.82, 2.24) is 16.0 Å². The molecule has 0 spiro atoms. The quantitative estimate of drug-likeness (QED) is 0.647. The second-order valence-electron chi connectivity index (χ2n) is 4.24. The summed E-state index contributed by atoms with van der Waals surface area (Å²) in [6, 6.07) is 0.484. The van der Waals surface area contributed by atoms with Gasteiger partial charge in [0.05, 0.1) is 6.26 Å². The molecule has 21 heavy (non-hydrogen) atoms. The van der Waals surface area contributed by atoms with Gasteiger partial charge in [0, 0.05) is 13.5 Å². The third-order valence-electron chi connectivity index (χ3n) is 2.81. The van der Waals surface area contributed by atoms with E-state index in [0.29, 0.717) is 0 Å². The molecule has 1 aromatic rings. The van der Waals surface area contributed by atoms with Gasteiger partial charge < -0.3 is 19.8 Å². The average Bonchev–Trinajstić information content (AvgIpc) is 2.90. The molecular formula is C12H13N3O6. The molecular weight excluding hydrogens is 282 g/mol. The number of amides is 4. The second-order valence-corrected chi connectivity index (χ2v) is 4.24. The normalized spacial score (nSPS) is 17.9. The van der Waals surface area contributed by atoms with Crippen LogP contribution in [0.15, 0.2) is 16.7 Å². The summed E-state index contributed by atoms with van der Waals surface area (Å²) >= 11 is 0. The number of furan rings is 1. The highest BCUT2D eigenvalue weighted by molar-refractivity contribution is 6.04. The van der Waals surface area contributed by atoms with Crippen LogP contribution in [0, 0.1) is 0 Å². The maximum atomic E-state index is 12.0. The van der Waals surface area contributed by atoms with Crippen LogP contribution in [0.5, 0.6) is 5.95 Å². The molecule has 1 atom stereocenters. The number of carbonyl (C=O) groups is 4. The summed E-state index contributed by atoms with van der Waals surface area (Å²) in [5.41, 5.74) is -0.0247. The van der Waals surface area contributed by atoms with E-state index in [4.69, 9.17) is 9.15 Å². The highest BCUT2D eigenvalue weighted by Crippen LogP contribution is 2.20. The lowest BCUT2D eigenvalue weighted by Gasteiger charge is -2.21. The number of imide groups is 1. The maximum absolute atomic E-state index is 12.0. The molecule has 9 heteroatoms. The van der Waals surface area contributed by atoms with Crippen molar-refractivity contribution in [3.8, 4) is 5.95 Å². The van der Waals surface area contributed by atoms with Crippen LogP contribution in [0.3, 0.4) is 0 Å². The number of hydrogen-bond donors (Lipinski definition) is 3. The van der Waals surface area contributed by atoms with Crippen molar-refractivity contribution in [1.29, 1.82) is 0 Å². The zero-order valence-corrected chi connectivity index (χ0v) is 11.1. The van der Waals surface area contributed by atoms with E-state index in [2.05, 4.69) is 16.0 Å². The topological polar surface area (TPSA) is 127 Å². The Morgan fingerprint density at radius 1 is 1.43 bits per heavy atom. The van der Waals surface area contributed by atoms with Crippen molar-refractivity contribution in [2.45, 2.75) is 18.9 Å². The van der Waals surface area contributed by atoms with E-state index in [1.165, 1.54) is 19.4 Å². The summed E-state index contributed by atoms with van der Waals surface area (Å²) in [7, 11) is 1.36. The molecule has 1 saturated heterocycles. The van der Waals surface area contributed by atoms with Crippen molar-refractivity contribution in [2.24, 2.45) is 0 Å². The Labute approximate surface area is 119 Å². The van der Waals surface area contributed by atoms with Crippen LogP contribution in [0.25, 0.3) is 0 Å². The van der Waals surface area contributed by atoms with Crippen LogP contribution < -0.4 is 20.7 Å². The number of rotatable bonds is 3. The highest BCUT2D eigenvalue weighted by Gasteiger charge is 2.29. The molecule has 9 nitrogen and oxygen atoms in total. The van der Waals surface area contributed by atoms with E-state index in [1.54, 1.807) is 0 Å². The minimum absolute atomic E-state index is 0.0247. The number of hydrogen-bond acceptors (Lipinski definition) is 6. The largest absolute Gasteiger partial charge is 0.433 e. The lowest BCUT2D eigenvalue weighted by molar-refractivity contribution is -0.134. The summed E-state index contributed by atoms with van der Waals surface area (Å²) in [6.07, 6.45) is 0.737. The van der Waals surface area contributed by atoms with Crippen LogP contribution in [-0.4, -0.2) is 36.9 Å². The van der Waals surface area contributed by atoms with Crippen LogP contribution >= 0.6 is 0 Å². The Bertz CT molecular complexity index is 594. The Morgan fingerprint density at radius 3 is 2.86 bits per heavy atom. The van der Waals surface area contributed by atoms with Gasteiger partial charge in [-0.05, 0) is 12.5 Å². The van der Waals surface area contributed by atoms with E-state index >= 15 is 0 Å². The molecule has 0 aliphatic carbocycles. The van der Waals surface area contributed by atoms with Crippen molar-refractivity contribution >= 4 is 23.8 Å². The SMILES string of the molecule is CNC(=O)Oc1occc1C(=O)NC1CCC(=O)NC1=O. The van der Waals surface area contributed by atoms with Crippen LogP contribution in [0.4, 0.5) is 4.79 Å². The van der Waals surface area contributed by atoms with Gasteiger partial charge in [-0.1, -0.05) is 0 Å². The van der Waals surface area contributed by atoms with E-state index in [-0.39, 0.29) is 30.3 Å². The summed E-state index contributed by atoms with van der Waals surface area (Å²) < 4.78 is 9.65. The van der Waals surface area contributed by atoms with Crippen molar-refractivity contribution in [2.75, 3.05) is 7.05 Å². The Balaban J connectivity index is 2.04. The zero-order valence-electron chi connectivity index (χ0n) is 11.1. The lowest BCUT2D eigenvalue weighted by atomic mass is 10.1. The molecule has 1 fully saturated rings. The van der Waals surface area contributed by atoms with Crippen molar-refractivity contribution in [3.05, 3.63) is 17.9 Å². The standard InChI is InChI=1S/C12H13N3O6/c1-13-12(19)21-11-6(4-5-20-11)9(17)14-7-2-3-8(16)15-10(7)18/h4-5,7H,2-3H2,1H3,(H,13,19)(H,14,17)(H,15,16,18). The molecule has 0 bridgehead atoms. The summed E-state index contributed by atoms with van der Waals surface area (Å²) in [5, 5.41) is 6.78. The molecule has 4 amide bonds. The first-order valence-electron chi connectivity index (χ1n) is 6.13. The van der Waals surface area contributed by atoms with Gasteiger partial charge in [0.2, 0.25) is 11.8 Å². The predicted molar refractivity (Wildman–Crippen MR) is 67.4 cm³/mol. The molecule has 1 unspecified atom stereocenters. The third kappa shape index (κ3) is 3.38. The van der Waals surface area contributed by atoms with Gasteiger partial charge in [-0.15, -0.1) is 0 Å². The molecule has 1 aromatic heterocycles. The fraction of sp³-hybridized carbons (Fsp3) is 0.333. The Hall–Kier alpha value is -2.84. The molecule has 3 N–H and O–H groups in total. The molecule has 2 rings (SSSR count). The van der Waals surface area contributed by atoms with Crippen LogP contribution in [0.2, 0.25) is 0 Å². The second kappa shape index (κ2) is 6.07. The maximum Gasteiger partial charge on any atom is 0.414 e. The van der Waals surface area contributed by atoms with Gasteiger partial charge >= 0.3 is 12.0 Å². The first kappa shape index (κ1) is 14.6. The first-order chi connectivity index (χ1) is 10.0. The number of ether oxygens (including phenoxy) is 1. The molecule has 112 valence electrons. The molecule has 1 aliphatic rings. The molecule has 0 aromatic carbocycles. The monoisotopic (exact) mass is 295 g/mol. The Morgan fingerprint density at radius 2 is 2.19 bits per heavy atom. The van der Waals surface area contributed by atoms with Gasteiger partial charge in [-0.25, -0.2) is 4.79 Å². The van der Waals surface area contributed by atoms with Gasteiger partial charge in [-0.2, -0.15) is 0 Å². The average molecular weight is 295 g/mol. The van der Waals surface area contributed by atoms with Gasteiger partial charge in [0.1, 0.15) is 11.6 Å². The van der Waals surface area contributed by atoms with Gasteiger partial charge in [-0.3, -0.25) is 19.7 Å². The Kier molecular flexibility index (Phi) is 4.21. The highest BCUT2D eigenvalue weighted by atomic mass is 16.6. The van der Waals surface area contributed by atoms with Gasteiger partial charge in [0.25, 0.3) is 5.91 Å². The lowest BCUT2D eigenvalue weighted by Crippen LogP contribution is -2.52. The fourth-order valence-electron chi connectivity index (χ4n) is 1.75. The minimum atomic E-state index is -0.821. The van der Waals surface area contributed by atoms with Gasteiger partial charge in [0.15, 0.2) is 0 Å². The number of nitrogens with one attached hydrogen (secondary N) is 3. The van der Waals surface area contributed by atoms with Crippen LogP contribution in [-0.2, 0) is 9.59 Å². The number of carbonyl (C=O) groups excluding carboxylic acids is 4. The van der Waals surface area contributed by atoms with E-state index in [0.717, 1.165) is 0 Å².